The summed E-state index contributed by atoms with van der Waals surface area (Å²) in [5.41, 5.74) is -1.50. The molecule has 0 radical (unpaired) electrons. The molecular weight excluding hydrogens is 750 g/mol. The Balaban J connectivity index is 1.09. The van der Waals surface area contributed by atoms with Crippen molar-refractivity contribution in [2.45, 2.75) is 83.4 Å². The van der Waals surface area contributed by atoms with Gasteiger partial charge in [-0.25, -0.2) is 4.79 Å². The van der Waals surface area contributed by atoms with Crippen LogP contribution in [0.2, 0.25) is 0 Å². The van der Waals surface area contributed by atoms with Gasteiger partial charge in [-0.15, -0.1) is 24.5 Å². The molecule has 57 heavy (non-hydrogen) atoms. The van der Waals surface area contributed by atoms with Crippen LogP contribution in [-0.2, 0) is 6.54 Å². The third kappa shape index (κ3) is 5.97. The molecule has 1 aromatic heterocycles. The minimum atomic E-state index is -4.83. The number of Topliss-reactive ketones (excluding diaryl/α,β-unsaturated/α-hetero) is 1. The van der Waals surface area contributed by atoms with E-state index in [-0.39, 0.29) is 41.9 Å². The van der Waals surface area contributed by atoms with Crippen LogP contribution in [0, 0.1) is 33.5 Å². The number of ketones is 1. The Hall–Kier alpha value is -4.45. The van der Waals surface area contributed by atoms with Crippen LogP contribution in [0.15, 0.2) is 109 Å². The molecule has 2 amide bonds. The van der Waals surface area contributed by atoms with E-state index in [0.29, 0.717) is 48.2 Å². The summed E-state index contributed by atoms with van der Waals surface area (Å²) in [7, 11) is 0. The number of fused-ring (bicyclic) bond motifs is 2. The molecule has 1 unspecified atom stereocenters. The van der Waals surface area contributed by atoms with E-state index in [1.54, 1.807) is 17.0 Å². The number of benzene rings is 3. The van der Waals surface area contributed by atoms with Crippen molar-refractivity contribution in [2.24, 2.45) is 33.5 Å². The number of halogens is 3. The zero-order valence-electron chi connectivity index (χ0n) is 32.0. The Bertz CT molecular complexity index is 2260. The van der Waals surface area contributed by atoms with Crippen molar-refractivity contribution in [3.63, 3.8) is 0 Å². The number of urea groups is 1. The lowest BCUT2D eigenvalue weighted by atomic mass is 9.32. The predicted octanol–water partition coefficient (Wildman–Crippen LogP) is 10.3. The predicted molar refractivity (Wildman–Crippen MR) is 214 cm³/mol. The molecule has 7 nitrogen and oxygen atoms in total. The Labute approximate surface area is 334 Å². The fraction of sp³-hybridized carbons (Fsp3) is 0.435. The normalized spacial score (nSPS) is 33.9. The first-order chi connectivity index (χ1) is 27.1. The molecule has 2 spiro atoms. The van der Waals surface area contributed by atoms with Crippen LogP contribution < -0.4 is 10.1 Å². The third-order valence-corrected chi connectivity index (χ3v) is 16.0. The Morgan fingerprint density at radius 3 is 2.32 bits per heavy atom. The van der Waals surface area contributed by atoms with Crippen LogP contribution in [0.4, 0.5) is 23.7 Å². The quantitative estimate of drug-likeness (QED) is 0.122. The van der Waals surface area contributed by atoms with Gasteiger partial charge in [0.15, 0.2) is 5.78 Å². The summed E-state index contributed by atoms with van der Waals surface area (Å²) in [6, 6.07) is 24.0. The maximum Gasteiger partial charge on any atom is 0.573 e. The lowest BCUT2D eigenvalue weighted by Gasteiger charge is -2.71. The third-order valence-electron chi connectivity index (χ3n) is 14.9. The van der Waals surface area contributed by atoms with Gasteiger partial charge in [0.1, 0.15) is 5.75 Å². The second-order valence-electron chi connectivity index (χ2n) is 17.6. The highest BCUT2D eigenvalue weighted by molar-refractivity contribution is 7.21. The van der Waals surface area contributed by atoms with Crippen LogP contribution in [0.25, 0.3) is 10.1 Å². The Kier molecular flexibility index (Phi) is 8.88. The standard InChI is InChI=1S/C46H47F3N2O5S/c1-41-19-16-32(52)25-43(41)22-23-45(34(26-43)39(53)36-24-30-8-6-7-11-35(30)57-36)37(41)17-20-42(2)38(45)18-21-44(42,55)28-51(40(54)50-31-9-4-3-5-10-31)27-29-12-14-33(15-13-29)56-46(47,48)49/h3-15,22-24,26,32,37-38,52,55H,16-21,25,27-28H2,1-2H3,(H,50,54)/t32?,37-,38-,41-,42+,43+,44-,45-/m1/s1. The molecule has 1 heterocycles. The van der Waals surface area contributed by atoms with Gasteiger partial charge in [0, 0.05) is 38.8 Å². The molecule has 8 atom stereocenters. The molecule has 0 saturated heterocycles. The smallest absolute Gasteiger partial charge is 0.406 e. The number of ether oxygens (including phenoxy) is 1. The number of carbonyl (C=O) groups excluding carboxylic acids is 2. The largest absolute Gasteiger partial charge is 0.573 e. The molecule has 10 rings (SSSR count). The van der Waals surface area contributed by atoms with Gasteiger partial charge in [-0.3, -0.25) is 4.79 Å². The zero-order valence-corrected chi connectivity index (χ0v) is 32.8. The van der Waals surface area contributed by atoms with Crippen LogP contribution in [0.5, 0.6) is 5.75 Å². The molecular formula is C46H47F3N2O5S. The van der Waals surface area contributed by atoms with Gasteiger partial charge in [0.25, 0.3) is 0 Å². The van der Waals surface area contributed by atoms with Crippen molar-refractivity contribution in [3.8, 4) is 5.75 Å². The van der Waals surface area contributed by atoms with E-state index >= 15 is 4.79 Å². The molecule has 0 aliphatic heterocycles. The second kappa shape index (κ2) is 13.3. The molecule has 3 fully saturated rings. The number of allylic oxidation sites excluding steroid dienone is 4. The van der Waals surface area contributed by atoms with Crippen LogP contribution in [0.1, 0.15) is 74.0 Å². The summed E-state index contributed by atoms with van der Waals surface area (Å²) in [6.07, 6.45) is 6.07. The summed E-state index contributed by atoms with van der Waals surface area (Å²) in [5, 5.41) is 28.2. The molecule has 3 aromatic carbocycles. The second-order valence-corrected chi connectivity index (χ2v) is 18.7. The first kappa shape index (κ1) is 38.1. The van der Waals surface area contributed by atoms with Crippen molar-refractivity contribution in [3.05, 3.63) is 119 Å². The number of nitrogens with zero attached hydrogens (tertiary/aromatic N) is 1. The zero-order chi connectivity index (χ0) is 40.0. The number of hydrogen-bond donors (Lipinski definition) is 3. The van der Waals surface area contributed by atoms with Gasteiger partial charge in [0.05, 0.1) is 23.1 Å². The Morgan fingerprint density at radius 2 is 1.58 bits per heavy atom. The van der Waals surface area contributed by atoms with Gasteiger partial charge >= 0.3 is 12.4 Å². The highest BCUT2D eigenvalue weighted by atomic mass is 32.1. The number of para-hydroxylation sites is 1. The van der Waals surface area contributed by atoms with E-state index in [1.165, 1.54) is 35.6 Å². The average molecular weight is 797 g/mol. The SMILES string of the molecule is C[C@]12CC[C@H]3[C@]4(C=C[C@@]5(C=C4C(=O)c4cc6ccccc6s4)CC(O)CC[C@]35C)[C@@H]1CC[C@@]2(O)CN(Cc1ccc(OC(F)(F)F)cc1)C(=O)Nc1ccccc1. The van der Waals surface area contributed by atoms with Crippen LogP contribution in [-0.4, -0.2) is 51.5 Å². The Morgan fingerprint density at radius 1 is 0.895 bits per heavy atom. The molecule has 2 bridgehead atoms. The first-order valence-electron chi connectivity index (χ1n) is 19.9. The maximum absolute atomic E-state index is 15.1. The lowest BCUT2D eigenvalue weighted by Crippen LogP contribution is -2.67. The first-order valence-corrected chi connectivity index (χ1v) is 20.7. The highest BCUT2D eigenvalue weighted by Gasteiger charge is 2.74. The molecule has 4 aromatic rings. The van der Waals surface area contributed by atoms with Crippen LogP contribution in [0.3, 0.4) is 0 Å². The number of carbonyl (C=O) groups is 2. The molecule has 3 N–H and O–H groups in total. The van der Waals surface area contributed by atoms with Crippen molar-refractivity contribution in [1.29, 1.82) is 0 Å². The van der Waals surface area contributed by atoms with Crippen molar-refractivity contribution in [2.75, 3.05) is 11.9 Å². The molecule has 298 valence electrons. The lowest BCUT2D eigenvalue weighted by molar-refractivity contribution is -0.274. The highest BCUT2D eigenvalue weighted by Crippen LogP contribution is 2.78. The fourth-order valence-corrected chi connectivity index (χ4v) is 13.1. The molecule has 6 aliphatic rings. The molecule has 11 heteroatoms. The summed E-state index contributed by atoms with van der Waals surface area (Å²) < 4.78 is 43.9. The number of alkyl halides is 3. The summed E-state index contributed by atoms with van der Waals surface area (Å²) in [4.78, 5) is 31.5. The van der Waals surface area contributed by atoms with Crippen molar-refractivity contribution in [1.82, 2.24) is 4.90 Å². The van der Waals surface area contributed by atoms with E-state index in [2.05, 4.69) is 42.1 Å². The number of amides is 2. The molecule has 3 saturated carbocycles. The van der Waals surface area contributed by atoms with Gasteiger partial charge in [-0.05, 0) is 110 Å². The summed E-state index contributed by atoms with van der Waals surface area (Å²) >= 11 is 1.50. The number of nitrogens with one attached hydrogen (secondary N) is 1. The van der Waals surface area contributed by atoms with Gasteiger partial charge in [-0.1, -0.05) is 80.6 Å². The summed E-state index contributed by atoms with van der Waals surface area (Å²) in [5.74, 6) is -0.376. The van der Waals surface area contributed by atoms with Crippen molar-refractivity contribution < 1.29 is 37.7 Å². The van der Waals surface area contributed by atoms with Crippen molar-refractivity contribution >= 4 is 38.9 Å². The number of rotatable bonds is 8. The monoisotopic (exact) mass is 796 g/mol. The van der Waals surface area contributed by atoms with E-state index < -0.39 is 40.3 Å². The van der Waals surface area contributed by atoms with Gasteiger partial charge in [-0.2, -0.15) is 0 Å². The van der Waals surface area contributed by atoms with Crippen LogP contribution >= 0.6 is 11.3 Å². The number of anilines is 1. The maximum atomic E-state index is 15.1. The van der Waals surface area contributed by atoms with E-state index in [1.807, 2.05) is 48.5 Å². The fourth-order valence-electron chi connectivity index (χ4n) is 12.1. The van der Waals surface area contributed by atoms with E-state index in [4.69, 9.17) is 0 Å². The van der Waals surface area contributed by atoms with E-state index in [9.17, 15) is 28.2 Å². The topological polar surface area (TPSA) is 99.1 Å². The van der Waals surface area contributed by atoms with Gasteiger partial charge < -0.3 is 25.2 Å². The summed E-state index contributed by atoms with van der Waals surface area (Å²) in [6.45, 7) is 4.48. The molecule has 6 aliphatic carbocycles. The van der Waals surface area contributed by atoms with E-state index in [0.717, 1.165) is 28.5 Å². The minimum Gasteiger partial charge on any atom is -0.406 e. The van der Waals surface area contributed by atoms with Gasteiger partial charge in [0.2, 0.25) is 0 Å². The minimum absolute atomic E-state index is 0.00791. The average Bonchev–Trinajstić information content (AvgIpc) is 3.73. The number of aliphatic hydroxyl groups is 2. The number of aliphatic hydroxyl groups excluding tert-OH is 1. The number of hydrogen-bond acceptors (Lipinski definition) is 6. The number of thiophene rings is 1.